The van der Waals surface area contributed by atoms with Crippen molar-refractivity contribution in [1.29, 1.82) is 0 Å². The molecule has 6 heteroatoms. The molecule has 1 heterocycles. The standard InChI is InChI=1S/C16H22N4O2/c1-16(2,3)13(21)10-20(12-7-5-4-6-8-12)15(22)9-14-17-11-18-19-14/h4-8,11,13,21H,9-10H2,1-3H3,(H,17,18,19). The minimum atomic E-state index is -0.635. The Bertz CT molecular complexity index is 590. The van der Waals surface area contributed by atoms with Gasteiger partial charge in [0.25, 0.3) is 0 Å². The lowest BCUT2D eigenvalue weighted by atomic mass is 9.88. The normalized spacial score (nSPS) is 12.9. The van der Waals surface area contributed by atoms with E-state index in [2.05, 4.69) is 15.2 Å². The number of aromatic amines is 1. The van der Waals surface area contributed by atoms with Crippen LogP contribution in [0, 0.1) is 5.41 Å². The molecule has 2 N–H and O–H groups in total. The van der Waals surface area contributed by atoms with Gasteiger partial charge < -0.3 is 10.0 Å². The number of nitrogens with zero attached hydrogens (tertiary/aromatic N) is 3. The molecule has 1 aromatic heterocycles. The fraction of sp³-hybridized carbons (Fsp3) is 0.438. The summed E-state index contributed by atoms with van der Waals surface area (Å²) in [5, 5.41) is 16.9. The number of para-hydroxylation sites is 1. The second-order valence-electron chi connectivity index (χ2n) is 6.31. The number of H-pyrrole nitrogens is 1. The smallest absolute Gasteiger partial charge is 0.234 e. The van der Waals surface area contributed by atoms with Crippen molar-refractivity contribution in [3.8, 4) is 0 Å². The van der Waals surface area contributed by atoms with Crippen LogP contribution in [-0.2, 0) is 11.2 Å². The van der Waals surface area contributed by atoms with Crippen LogP contribution < -0.4 is 4.90 Å². The summed E-state index contributed by atoms with van der Waals surface area (Å²) in [6.07, 6.45) is 0.901. The predicted octanol–water partition coefficient (Wildman–Crippen LogP) is 1.79. The molecule has 2 aromatic rings. The number of carbonyl (C=O) groups is 1. The zero-order chi connectivity index (χ0) is 16.2. The molecule has 0 saturated heterocycles. The first-order valence-corrected chi connectivity index (χ1v) is 7.26. The Labute approximate surface area is 130 Å². The second kappa shape index (κ2) is 6.70. The van der Waals surface area contributed by atoms with Gasteiger partial charge in [-0.15, -0.1) is 0 Å². The van der Waals surface area contributed by atoms with E-state index in [0.29, 0.717) is 5.82 Å². The molecule has 0 fully saturated rings. The van der Waals surface area contributed by atoms with Gasteiger partial charge in [-0.2, -0.15) is 5.10 Å². The number of nitrogens with one attached hydrogen (secondary N) is 1. The maximum atomic E-state index is 12.6. The summed E-state index contributed by atoms with van der Waals surface area (Å²) in [7, 11) is 0. The summed E-state index contributed by atoms with van der Waals surface area (Å²) < 4.78 is 0. The Morgan fingerprint density at radius 1 is 1.32 bits per heavy atom. The number of rotatable bonds is 5. The number of hydrogen-bond donors (Lipinski definition) is 2. The summed E-state index contributed by atoms with van der Waals surface area (Å²) in [5.74, 6) is 0.297. The van der Waals surface area contributed by atoms with Gasteiger partial charge in [-0.3, -0.25) is 9.89 Å². The van der Waals surface area contributed by atoms with E-state index >= 15 is 0 Å². The summed E-state index contributed by atoms with van der Waals surface area (Å²) >= 11 is 0. The van der Waals surface area contributed by atoms with Gasteiger partial charge in [0, 0.05) is 5.69 Å². The van der Waals surface area contributed by atoms with Gasteiger partial charge in [0.2, 0.25) is 5.91 Å². The molecule has 0 aliphatic rings. The number of aromatic nitrogens is 3. The van der Waals surface area contributed by atoms with Crippen LogP contribution in [0.3, 0.4) is 0 Å². The molecule has 2 rings (SSSR count). The van der Waals surface area contributed by atoms with Crippen molar-refractivity contribution < 1.29 is 9.90 Å². The summed E-state index contributed by atoms with van der Waals surface area (Å²) in [4.78, 5) is 18.2. The third-order valence-corrected chi connectivity index (χ3v) is 3.50. The molecule has 118 valence electrons. The van der Waals surface area contributed by atoms with Gasteiger partial charge in [0.05, 0.1) is 19.1 Å². The molecule has 1 aromatic carbocycles. The first kappa shape index (κ1) is 16.2. The summed E-state index contributed by atoms with van der Waals surface area (Å²) in [5.41, 5.74) is 0.448. The van der Waals surface area contributed by atoms with E-state index in [4.69, 9.17) is 0 Å². The lowest BCUT2D eigenvalue weighted by Gasteiger charge is -2.32. The Morgan fingerprint density at radius 3 is 2.55 bits per heavy atom. The van der Waals surface area contributed by atoms with Crippen molar-refractivity contribution in [3.05, 3.63) is 42.5 Å². The van der Waals surface area contributed by atoms with Crippen molar-refractivity contribution in [3.63, 3.8) is 0 Å². The lowest BCUT2D eigenvalue weighted by molar-refractivity contribution is -0.118. The van der Waals surface area contributed by atoms with Gasteiger partial charge in [-0.1, -0.05) is 39.0 Å². The third kappa shape index (κ3) is 4.14. The fourth-order valence-electron chi connectivity index (χ4n) is 1.96. The number of hydrogen-bond acceptors (Lipinski definition) is 4. The minimum Gasteiger partial charge on any atom is -0.391 e. The second-order valence-corrected chi connectivity index (χ2v) is 6.31. The van der Waals surface area contributed by atoms with E-state index in [1.807, 2.05) is 51.1 Å². The van der Waals surface area contributed by atoms with Crippen LogP contribution in [0.4, 0.5) is 5.69 Å². The van der Waals surface area contributed by atoms with Gasteiger partial charge in [-0.25, -0.2) is 4.98 Å². The highest BCUT2D eigenvalue weighted by molar-refractivity contribution is 5.94. The van der Waals surface area contributed by atoms with Gasteiger partial charge in [0.1, 0.15) is 6.33 Å². The Hall–Kier alpha value is -2.21. The quantitative estimate of drug-likeness (QED) is 0.882. The van der Waals surface area contributed by atoms with Crippen molar-refractivity contribution in [2.75, 3.05) is 11.4 Å². The SMILES string of the molecule is CC(C)(C)C(O)CN(C(=O)Cc1nc[nH]n1)c1ccccc1. The average molecular weight is 302 g/mol. The van der Waals surface area contributed by atoms with Crippen molar-refractivity contribution in [1.82, 2.24) is 15.2 Å². The van der Waals surface area contributed by atoms with E-state index in [0.717, 1.165) is 5.69 Å². The van der Waals surface area contributed by atoms with Gasteiger partial charge in [0.15, 0.2) is 5.82 Å². The molecule has 0 saturated carbocycles. The largest absolute Gasteiger partial charge is 0.391 e. The highest BCUT2D eigenvalue weighted by atomic mass is 16.3. The molecule has 0 bridgehead atoms. The molecule has 0 aliphatic heterocycles. The maximum Gasteiger partial charge on any atom is 0.234 e. The predicted molar refractivity (Wildman–Crippen MR) is 84.3 cm³/mol. The first-order chi connectivity index (χ1) is 10.4. The molecule has 0 spiro atoms. The molecule has 1 unspecified atom stereocenters. The maximum absolute atomic E-state index is 12.6. The van der Waals surface area contributed by atoms with E-state index in [-0.39, 0.29) is 24.3 Å². The van der Waals surface area contributed by atoms with Crippen LogP contribution in [0.5, 0.6) is 0 Å². The molecule has 6 nitrogen and oxygen atoms in total. The third-order valence-electron chi connectivity index (χ3n) is 3.50. The number of aliphatic hydroxyl groups is 1. The Kier molecular flexibility index (Phi) is 4.92. The highest BCUT2D eigenvalue weighted by Gasteiger charge is 2.27. The topological polar surface area (TPSA) is 82.1 Å². The van der Waals surface area contributed by atoms with Crippen molar-refractivity contribution >= 4 is 11.6 Å². The van der Waals surface area contributed by atoms with Crippen LogP contribution in [0.1, 0.15) is 26.6 Å². The average Bonchev–Trinajstić information content (AvgIpc) is 2.97. The van der Waals surface area contributed by atoms with E-state index in [1.54, 1.807) is 4.90 Å². The van der Waals surface area contributed by atoms with Crippen molar-refractivity contribution in [2.45, 2.75) is 33.3 Å². The molecule has 0 radical (unpaired) electrons. The van der Waals surface area contributed by atoms with Crippen LogP contribution in [0.15, 0.2) is 36.7 Å². The number of aliphatic hydroxyl groups excluding tert-OH is 1. The minimum absolute atomic E-state index is 0.0925. The zero-order valence-electron chi connectivity index (χ0n) is 13.2. The molecule has 22 heavy (non-hydrogen) atoms. The molecule has 1 atom stereocenters. The molecule has 0 aliphatic carbocycles. The highest BCUT2D eigenvalue weighted by Crippen LogP contribution is 2.23. The number of anilines is 1. The zero-order valence-corrected chi connectivity index (χ0v) is 13.2. The molecular weight excluding hydrogens is 280 g/mol. The van der Waals surface area contributed by atoms with Crippen LogP contribution in [0.25, 0.3) is 0 Å². The van der Waals surface area contributed by atoms with Crippen LogP contribution in [-0.4, -0.2) is 38.8 Å². The first-order valence-electron chi connectivity index (χ1n) is 7.26. The van der Waals surface area contributed by atoms with E-state index in [1.165, 1.54) is 6.33 Å². The van der Waals surface area contributed by atoms with Gasteiger partial charge in [-0.05, 0) is 17.5 Å². The lowest BCUT2D eigenvalue weighted by Crippen LogP contribution is -2.43. The Morgan fingerprint density at radius 2 is 2.00 bits per heavy atom. The van der Waals surface area contributed by atoms with Crippen LogP contribution in [0.2, 0.25) is 0 Å². The Balaban J connectivity index is 2.20. The van der Waals surface area contributed by atoms with E-state index < -0.39 is 6.10 Å². The van der Waals surface area contributed by atoms with E-state index in [9.17, 15) is 9.90 Å². The fourth-order valence-corrected chi connectivity index (χ4v) is 1.96. The number of benzene rings is 1. The van der Waals surface area contributed by atoms with Crippen LogP contribution >= 0.6 is 0 Å². The summed E-state index contributed by atoms with van der Waals surface area (Å²) in [6, 6.07) is 9.33. The number of carbonyl (C=O) groups excluding carboxylic acids is 1. The molecular formula is C16H22N4O2. The monoisotopic (exact) mass is 302 g/mol. The number of amides is 1. The van der Waals surface area contributed by atoms with Crippen molar-refractivity contribution in [2.24, 2.45) is 5.41 Å². The van der Waals surface area contributed by atoms with Gasteiger partial charge >= 0.3 is 0 Å². The summed E-state index contributed by atoms with van der Waals surface area (Å²) in [6.45, 7) is 6.07. The molecule has 1 amide bonds.